The smallest absolute Gasteiger partial charge is 0.321 e. The molecule has 0 heterocycles. The summed E-state index contributed by atoms with van der Waals surface area (Å²) in [6.45, 7) is 0.166. The van der Waals surface area contributed by atoms with Gasteiger partial charge in [-0.1, -0.05) is 31.0 Å². The lowest BCUT2D eigenvalue weighted by atomic mass is 10.0. The standard InChI is InChI=1S/C20H21ClF2O3/c21-17(20(24)25)5-3-1-2-4-14-8-11-19(18(23)12-14)26-13-15-6-9-16(22)10-7-15/h6-12,17H,1-5,13H2,(H,24,25). The van der Waals surface area contributed by atoms with Gasteiger partial charge in [-0.3, -0.25) is 4.79 Å². The van der Waals surface area contributed by atoms with Crippen molar-refractivity contribution >= 4 is 17.6 Å². The van der Waals surface area contributed by atoms with Crippen LogP contribution in [0.3, 0.4) is 0 Å². The highest BCUT2D eigenvalue weighted by Gasteiger charge is 2.12. The van der Waals surface area contributed by atoms with Gasteiger partial charge in [0.15, 0.2) is 11.6 Å². The van der Waals surface area contributed by atoms with E-state index in [0.717, 1.165) is 30.4 Å². The van der Waals surface area contributed by atoms with Crippen LogP contribution in [0.25, 0.3) is 0 Å². The van der Waals surface area contributed by atoms with Crippen LogP contribution in [0.15, 0.2) is 42.5 Å². The number of carboxylic acid groups (broad SMARTS) is 1. The van der Waals surface area contributed by atoms with Gasteiger partial charge in [0, 0.05) is 0 Å². The minimum absolute atomic E-state index is 0.157. The highest BCUT2D eigenvalue weighted by molar-refractivity contribution is 6.29. The molecular formula is C20H21ClF2O3. The van der Waals surface area contributed by atoms with Crippen molar-refractivity contribution in [2.24, 2.45) is 0 Å². The van der Waals surface area contributed by atoms with Crippen molar-refractivity contribution in [3.05, 3.63) is 65.2 Å². The van der Waals surface area contributed by atoms with Gasteiger partial charge in [0.05, 0.1) is 0 Å². The van der Waals surface area contributed by atoms with Gasteiger partial charge >= 0.3 is 5.97 Å². The molecule has 1 N–H and O–H groups in total. The maximum absolute atomic E-state index is 14.1. The number of unbranched alkanes of at least 4 members (excludes halogenated alkanes) is 2. The number of alkyl halides is 1. The zero-order chi connectivity index (χ0) is 18.9. The highest BCUT2D eigenvalue weighted by atomic mass is 35.5. The predicted octanol–water partition coefficient (Wildman–Crippen LogP) is 5.34. The van der Waals surface area contributed by atoms with Crippen LogP contribution < -0.4 is 4.74 Å². The number of aryl methyl sites for hydroxylation is 1. The van der Waals surface area contributed by atoms with Gasteiger partial charge in [0.1, 0.15) is 17.8 Å². The van der Waals surface area contributed by atoms with Crippen molar-refractivity contribution in [3.8, 4) is 5.75 Å². The van der Waals surface area contributed by atoms with Gasteiger partial charge in [0.2, 0.25) is 0 Å². The first-order valence-electron chi connectivity index (χ1n) is 8.48. The Morgan fingerprint density at radius 2 is 1.73 bits per heavy atom. The third kappa shape index (κ3) is 6.64. The average Bonchev–Trinajstić information content (AvgIpc) is 2.61. The first kappa shape index (κ1) is 20.2. The maximum atomic E-state index is 14.1. The summed E-state index contributed by atoms with van der Waals surface area (Å²) in [5.74, 6) is -1.60. The van der Waals surface area contributed by atoms with E-state index in [1.54, 1.807) is 18.2 Å². The third-order valence-electron chi connectivity index (χ3n) is 3.99. The Morgan fingerprint density at radius 3 is 2.38 bits per heavy atom. The summed E-state index contributed by atoms with van der Waals surface area (Å²) in [4.78, 5) is 10.6. The molecule has 0 spiro atoms. The fraction of sp³-hybridized carbons (Fsp3) is 0.350. The van der Waals surface area contributed by atoms with E-state index in [9.17, 15) is 13.6 Å². The number of rotatable bonds is 10. The van der Waals surface area contributed by atoms with E-state index < -0.39 is 17.2 Å². The first-order chi connectivity index (χ1) is 12.5. The number of carbonyl (C=O) groups is 1. The Balaban J connectivity index is 1.76. The number of aliphatic carboxylic acids is 1. The molecule has 2 aromatic carbocycles. The van der Waals surface area contributed by atoms with E-state index in [-0.39, 0.29) is 18.2 Å². The molecule has 140 valence electrons. The lowest BCUT2D eigenvalue weighted by Gasteiger charge is -2.09. The van der Waals surface area contributed by atoms with Crippen LogP contribution in [0.2, 0.25) is 0 Å². The van der Waals surface area contributed by atoms with Crippen LogP contribution in [0.4, 0.5) is 8.78 Å². The Kier molecular flexibility index (Phi) is 7.85. The fourth-order valence-electron chi connectivity index (χ4n) is 2.51. The summed E-state index contributed by atoms with van der Waals surface area (Å²) in [7, 11) is 0. The second-order valence-electron chi connectivity index (χ2n) is 6.09. The highest BCUT2D eigenvalue weighted by Crippen LogP contribution is 2.21. The summed E-state index contributed by atoms with van der Waals surface area (Å²) in [5.41, 5.74) is 1.62. The molecule has 2 rings (SSSR count). The Hall–Kier alpha value is -2.14. The van der Waals surface area contributed by atoms with E-state index in [4.69, 9.17) is 21.4 Å². The molecule has 26 heavy (non-hydrogen) atoms. The molecule has 0 aromatic heterocycles. The van der Waals surface area contributed by atoms with Crippen LogP contribution in [0, 0.1) is 11.6 Å². The van der Waals surface area contributed by atoms with Crippen LogP contribution >= 0.6 is 11.6 Å². The van der Waals surface area contributed by atoms with Crippen molar-refractivity contribution in [1.82, 2.24) is 0 Å². The minimum atomic E-state index is -0.995. The van der Waals surface area contributed by atoms with E-state index in [0.29, 0.717) is 12.8 Å². The molecule has 0 radical (unpaired) electrons. The topological polar surface area (TPSA) is 46.5 Å². The summed E-state index contributed by atoms with van der Waals surface area (Å²) in [6, 6.07) is 10.7. The zero-order valence-electron chi connectivity index (χ0n) is 14.3. The minimum Gasteiger partial charge on any atom is -0.486 e. The average molecular weight is 383 g/mol. The van der Waals surface area contributed by atoms with Gasteiger partial charge in [-0.25, -0.2) is 8.78 Å². The van der Waals surface area contributed by atoms with E-state index in [1.807, 2.05) is 6.07 Å². The van der Waals surface area contributed by atoms with Crippen LogP contribution in [0.5, 0.6) is 5.75 Å². The van der Waals surface area contributed by atoms with Crippen LogP contribution in [-0.2, 0) is 17.8 Å². The summed E-state index contributed by atoms with van der Waals surface area (Å²) in [6.07, 6.45) is 3.53. The Labute approximate surface area is 156 Å². The molecule has 0 aliphatic heterocycles. The van der Waals surface area contributed by atoms with E-state index in [2.05, 4.69) is 0 Å². The van der Waals surface area contributed by atoms with Gasteiger partial charge < -0.3 is 9.84 Å². The number of ether oxygens (including phenoxy) is 1. The second kappa shape index (κ2) is 10.1. The van der Waals surface area contributed by atoms with Crippen molar-refractivity contribution in [1.29, 1.82) is 0 Å². The molecule has 0 saturated carbocycles. The van der Waals surface area contributed by atoms with Crippen molar-refractivity contribution in [2.45, 2.75) is 44.1 Å². The van der Waals surface area contributed by atoms with Crippen molar-refractivity contribution in [2.75, 3.05) is 0 Å². The Morgan fingerprint density at radius 1 is 1.04 bits per heavy atom. The van der Waals surface area contributed by atoms with E-state index in [1.165, 1.54) is 18.2 Å². The molecule has 2 aromatic rings. The number of benzene rings is 2. The molecule has 0 aliphatic rings. The molecule has 0 amide bonds. The molecule has 0 bridgehead atoms. The number of carboxylic acids is 1. The van der Waals surface area contributed by atoms with Gasteiger partial charge in [-0.2, -0.15) is 0 Å². The lowest BCUT2D eigenvalue weighted by Crippen LogP contribution is -2.12. The molecule has 0 saturated heterocycles. The number of hydrogen-bond acceptors (Lipinski definition) is 2. The summed E-state index contributed by atoms with van der Waals surface area (Å²) in [5, 5.41) is 7.86. The molecular weight excluding hydrogens is 362 g/mol. The fourth-order valence-corrected chi connectivity index (χ4v) is 2.67. The van der Waals surface area contributed by atoms with Gasteiger partial charge in [0.25, 0.3) is 0 Å². The summed E-state index contributed by atoms with van der Waals surface area (Å²) < 4.78 is 32.4. The second-order valence-corrected chi connectivity index (χ2v) is 6.61. The van der Waals surface area contributed by atoms with Crippen LogP contribution in [0.1, 0.15) is 36.8 Å². The number of halogens is 3. The first-order valence-corrected chi connectivity index (χ1v) is 8.92. The Bertz CT molecular complexity index is 719. The maximum Gasteiger partial charge on any atom is 0.321 e. The molecule has 1 atom stereocenters. The molecule has 0 aliphatic carbocycles. The van der Waals surface area contributed by atoms with E-state index >= 15 is 0 Å². The monoisotopic (exact) mass is 382 g/mol. The lowest BCUT2D eigenvalue weighted by molar-refractivity contribution is -0.136. The summed E-state index contributed by atoms with van der Waals surface area (Å²) >= 11 is 5.65. The number of hydrogen-bond donors (Lipinski definition) is 1. The van der Waals surface area contributed by atoms with Gasteiger partial charge in [-0.05, 0) is 54.7 Å². The molecule has 0 fully saturated rings. The van der Waals surface area contributed by atoms with Crippen molar-refractivity contribution in [3.63, 3.8) is 0 Å². The molecule has 3 nitrogen and oxygen atoms in total. The quantitative estimate of drug-likeness (QED) is 0.445. The van der Waals surface area contributed by atoms with Gasteiger partial charge in [-0.15, -0.1) is 11.6 Å². The predicted molar refractivity (Wildman–Crippen MR) is 96.6 cm³/mol. The SMILES string of the molecule is O=C(O)C(Cl)CCCCCc1ccc(OCc2ccc(F)cc2)c(F)c1. The normalized spacial score (nSPS) is 12.0. The molecule has 1 unspecified atom stereocenters. The molecule has 6 heteroatoms. The van der Waals surface area contributed by atoms with Crippen molar-refractivity contribution < 1.29 is 23.4 Å². The zero-order valence-corrected chi connectivity index (χ0v) is 15.0. The largest absolute Gasteiger partial charge is 0.486 e. The third-order valence-corrected chi connectivity index (χ3v) is 4.40. The van der Waals surface area contributed by atoms with Crippen LogP contribution in [-0.4, -0.2) is 16.5 Å².